The van der Waals surface area contributed by atoms with Crippen LogP contribution in [0.15, 0.2) is 12.4 Å². The van der Waals surface area contributed by atoms with Gasteiger partial charge in [-0.3, -0.25) is 0 Å². The molecule has 1 fully saturated rings. The molecule has 94 valence electrons. The van der Waals surface area contributed by atoms with Crippen LogP contribution >= 0.6 is 0 Å². The van der Waals surface area contributed by atoms with Crippen LogP contribution in [0, 0.1) is 11.3 Å². The molecule has 0 spiro atoms. The molecule has 0 saturated heterocycles. The lowest BCUT2D eigenvalue weighted by molar-refractivity contribution is 0.380. The third kappa shape index (κ3) is 2.96. The third-order valence-corrected chi connectivity index (χ3v) is 3.97. The Bertz CT molecular complexity index is 369. The minimum Gasteiger partial charge on any atom is -0.369 e. The Morgan fingerprint density at radius 1 is 1.35 bits per heavy atom. The first kappa shape index (κ1) is 12.3. The van der Waals surface area contributed by atoms with Crippen molar-refractivity contribution < 1.29 is 0 Å². The van der Waals surface area contributed by atoms with Crippen molar-refractivity contribution in [1.29, 1.82) is 0 Å². The largest absolute Gasteiger partial charge is 0.369 e. The fraction of sp³-hybridized carbons (Fsp3) is 0.714. The minimum atomic E-state index is 0.524. The number of aryl methyl sites for hydroxylation is 1. The van der Waals surface area contributed by atoms with Crippen LogP contribution in [-0.2, 0) is 6.42 Å². The highest BCUT2D eigenvalue weighted by atomic mass is 15.0. The van der Waals surface area contributed by atoms with Crippen molar-refractivity contribution in [1.82, 2.24) is 9.97 Å². The molecule has 1 aromatic rings. The van der Waals surface area contributed by atoms with Crippen molar-refractivity contribution >= 4 is 5.82 Å². The van der Waals surface area contributed by atoms with E-state index in [1.54, 1.807) is 6.33 Å². The second-order valence-corrected chi connectivity index (χ2v) is 5.52. The molecule has 1 aliphatic carbocycles. The van der Waals surface area contributed by atoms with Crippen LogP contribution in [0.5, 0.6) is 0 Å². The first-order valence-electron chi connectivity index (χ1n) is 6.71. The highest BCUT2D eigenvalue weighted by Crippen LogP contribution is 2.51. The molecule has 1 saturated carbocycles. The molecule has 0 amide bonds. The Labute approximate surface area is 104 Å². The van der Waals surface area contributed by atoms with Gasteiger partial charge in [-0.2, -0.15) is 0 Å². The van der Waals surface area contributed by atoms with Gasteiger partial charge in [0.25, 0.3) is 0 Å². The summed E-state index contributed by atoms with van der Waals surface area (Å²) >= 11 is 0. The monoisotopic (exact) mass is 233 g/mol. The average molecular weight is 233 g/mol. The zero-order valence-electron chi connectivity index (χ0n) is 11.2. The molecule has 17 heavy (non-hydrogen) atoms. The molecule has 0 aromatic carbocycles. The van der Waals surface area contributed by atoms with Gasteiger partial charge in [-0.1, -0.05) is 27.2 Å². The van der Waals surface area contributed by atoms with Crippen molar-refractivity contribution in [2.24, 2.45) is 11.3 Å². The zero-order chi connectivity index (χ0) is 12.3. The second kappa shape index (κ2) is 5.03. The van der Waals surface area contributed by atoms with E-state index >= 15 is 0 Å². The summed E-state index contributed by atoms with van der Waals surface area (Å²) in [6.07, 6.45) is 6.54. The third-order valence-electron chi connectivity index (χ3n) is 3.97. The topological polar surface area (TPSA) is 37.8 Å². The van der Waals surface area contributed by atoms with Crippen molar-refractivity contribution in [2.75, 3.05) is 11.9 Å². The maximum absolute atomic E-state index is 4.29. The number of rotatable bonds is 6. The number of aromatic nitrogens is 2. The fourth-order valence-electron chi connectivity index (χ4n) is 2.27. The Morgan fingerprint density at radius 2 is 2.12 bits per heavy atom. The standard InChI is InChI=1S/C14H23N3/c1-4-5-12-8-13(17-10-16-12)15-9-14(6-7-14)11(2)3/h8,10-11H,4-7,9H2,1-3H3,(H,15,16,17). The Balaban J connectivity index is 1.93. The van der Waals surface area contributed by atoms with Crippen LogP contribution in [0.4, 0.5) is 5.82 Å². The van der Waals surface area contributed by atoms with Gasteiger partial charge in [0.05, 0.1) is 0 Å². The van der Waals surface area contributed by atoms with E-state index in [1.807, 2.05) is 0 Å². The predicted octanol–water partition coefficient (Wildman–Crippen LogP) is 3.28. The van der Waals surface area contributed by atoms with Crippen LogP contribution in [0.25, 0.3) is 0 Å². The van der Waals surface area contributed by atoms with E-state index in [0.717, 1.165) is 36.8 Å². The van der Waals surface area contributed by atoms with Gasteiger partial charge in [0.15, 0.2) is 0 Å². The SMILES string of the molecule is CCCc1cc(NCC2(C(C)C)CC2)ncn1. The molecular formula is C14H23N3. The van der Waals surface area contributed by atoms with Crippen molar-refractivity contribution in [3.63, 3.8) is 0 Å². The van der Waals surface area contributed by atoms with Gasteiger partial charge in [-0.15, -0.1) is 0 Å². The fourth-order valence-corrected chi connectivity index (χ4v) is 2.27. The van der Waals surface area contributed by atoms with Gasteiger partial charge < -0.3 is 5.32 Å². The first-order valence-corrected chi connectivity index (χ1v) is 6.71. The summed E-state index contributed by atoms with van der Waals surface area (Å²) < 4.78 is 0. The number of hydrogen-bond donors (Lipinski definition) is 1. The van der Waals surface area contributed by atoms with Crippen LogP contribution in [0.2, 0.25) is 0 Å². The van der Waals surface area contributed by atoms with E-state index in [-0.39, 0.29) is 0 Å². The van der Waals surface area contributed by atoms with E-state index in [2.05, 4.69) is 42.1 Å². The summed E-state index contributed by atoms with van der Waals surface area (Å²) in [5.41, 5.74) is 1.66. The van der Waals surface area contributed by atoms with E-state index in [4.69, 9.17) is 0 Å². The lowest BCUT2D eigenvalue weighted by Crippen LogP contribution is -2.21. The van der Waals surface area contributed by atoms with Gasteiger partial charge in [0, 0.05) is 18.3 Å². The lowest BCUT2D eigenvalue weighted by Gasteiger charge is -2.20. The lowest BCUT2D eigenvalue weighted by atomic mass is 9.92. The smallest absolute Gasteiger partial charge is 0.129 e. The molecule has 1 aliphatic rings. The van der Waals surface area contributed by atoms with Crippen molar-refractivity contribution in [2.45, 2.75) is 46.5 Å². The van der Waals surface area contributed by atoms with E-state index < -0.39 is 0 Å². The molecule has 0 atom stereocenters. The maximum atomic E-state index is 4.29. The summed E-state index contributed by atoms with van der Waals surface area (Å²) in [5.74, 6) is 1.74. The molecular weight excluding hydrogens is 210 g/mol. The van der Waals surface area contributed by atoms with Gasteiger partial charge in [-0.05, 0) is 30.6 Å². The summed E-state index contributed by atoms with van der Waals surface area (Å²) in [7, 11) is 0. The van der Waals surface area contributed by atoms with E-state index in [9.17, 15) is 0 Å². The minimum absolute atomic E-state index is 0.524. The predicted molar refractivity (Wildman–Crippen MR) is 71.0 cm³/mol. The number of nitrogens with zero attached hydrogens (tertiary/aromatic N) is 2. The average Bonchev–Trinajstić information content (AvgIpc) is 3.08. The van der Waals surface area contributed by atoms with E-state index in [0.29, 0.717) is 5.41 Å². The molecule has 0 radical (unpaired) electrons. The van der Waals surface area contributed by atoms with Crippen molar-refractivity contribution in [3.8, 4) is 0 Å². The summed E-state index contributed by atoms with van der Waals surface area (Å²) in [5, 5.41) is 3.48. The van der Waals surface area contributed by atoms with Crippen LogP contribution in [0.1, 0.15) is 45.7 Å². The van der Waals surface area contributed by atoms with Gasteiger partial charge >= 0.3 is 0 Å². The number of nitrogens with one attached hydrogen (secondary N) is 1. The normalized spacial score (nSPS) is 17.2. The summed E-state index contributed by atoms with van der Waals surface area (Å²) in [4.78, 5) is 8.56. The molecule has 0 unspecified atom stereocenters. The Morgan fingerprint density at radius 3 is 2.71 bits per heavy atom. The highest BCUT2D eigenvalue weighted by Gasteiger charge is 2.44. The van der Waals surface area contributed by atoms with E-state index in [1.165, 1.54) is 12.8 Å². The van der Waals surface area contributed by atoms with Crippen LogP contribution in [-0.4, -0.2) is 16.5 Å². The molecule has 3 heteroatoms. The second-order valence-electron chi connectivity index (χ2n) is 5.52. The Kier molecular flexibility index (Phi) is 3.65. The van der Waals surface area contributed by atoms with Gasteiger partial charge in [0.1, 0.15) is 12.1 Å². The quantitative estimate of drug-likeness (QED) is 0.819. The van der Waals surface area contributed by atoms with Gasteiger partial charge in [-0.25, -0.2) is 9.97 Å². The van der Waals surface area contributed by atoms with Crippen LogP contribution in [0.3, 0.4) is 0 Å². The molecule has 3 nitrogen and oxygen atoms in total. The highest BCUT2D eigenvalue weighted by molar-refractivity contribution is 5.35. The summed E-state index contributed by atoms with van der Waals surface area (Å²) in [6.45, 7) is 7.86. The molecule has 1 N–H and O–H groups in total. The molecule has 1 aromatic heterocycles. The first-order chi connectivity index (χ1) is 8.16. The van der Waals surface area contributed by atoms with Crippen molar-refractivity contribution in [3.05, 3.63) is 18.1 Å². The molecule has 1 heterocycles. The van der Waals surface area contributed by atoms with Gasteiger partial charge in [0.2, 0.25) is 0 Å². The maximum Gasteiger partial charge on any atom is 0.129 e. The zero-order valence-corrected chi connectivity index (χ0v) is 11.2. The molecule has 0 aliphatic heterocycles. The van der Waals surface area contributed by atoms with Crippen LogP contribution < -0.4 is 5.32 Å². The summed E-state index contributed by atoms with van der Waals surface area (Å²) in [6, 6.07) is 2.08. The number of hydrogen-bond acceptors (Lipinski definition) is 3. The molecule has 0 bridgehead atoms. The Hall–Kier alpha value is -1.12. The number of anilines is 1. The molecule has 2 rings (SSSR count).